The summed E-state index contributed by atoms with van der Waals surface area (Å²) in [6.07, 6.45) is 6.98. The van der Waals surface area contributed by atoms with Gasteiger partial charge in [-0.25, -0.2) is 0 Å². The molecule has 3 heteroatoms. The SMILES string of the molecule is CC(NCC1(O)CCSCC1)c1ccc2c(c1)CCCC2. The first-order valence-electron chi connectivity index (χ1n) is 8.32. The fourth-order valence-corrected chi connectivity index (χ4v) is 4.66. The van der Waals surface area contributed by atoms with Crippen LogP contribution in [0.1, 0.15) is 55.3 Å². The summed E-state index contributed by atoms with van der Waals surface area (Å²) in [7, 11) is 0. The number of aryl methyl sites for hydroxylation is 2. The van der Waals surface area contributed by atoms with Crippen LogP contribution in [0.3, 0.4) is 0 Å². The Bertz CT molecular complexity index is 482. The molecule has 0 saturated carbocycles. The van der Waals surface area contributed by atoms with Crippen molar-refractivity contribution in [2.75, 3.05) is 18.1 Å². The Morgan fingerprint density at radius 1 is 1.19 bits per heavy atom. The highest BCUT2D eigenvalue weighted by Crippen LogP contribution is 2.28. The molecule has 2 aliphatic rings. The van der Waals surface area contributed by atoms with E-state index in [1.54, 1.807) is 11.1 Å². The zero-order valence-corrected chi connectivity index (χ0v) is 13.8. The average molecular weight is 305 g/mol. The van der Waals surface area contributed by atoms with Gasteiger partial charge in [0.05, 0.1) is 5.60 Å². The van der Waals surface area contributed by atoms with Crippen LogP contribution in [0.4, 0.5) is 0 Å². The van der Waals surface area contributed by atoms with E-state index in [2.05, 4.69) is 30.4 Å². The van der Waals surface area contributed by atoms with Gasteiger partial charge < -0.3 is 10.4 Å². The zero-order valence-electron chi connectivity index (χ0n) is 13.0. The van der Waals surface area contributed by atoms with Crippen LogP contribution in [0, 0.1) is 0 Å². The normalized spacial score (nSPS) is 22.6. The molecule has 0 amide bonds. The maximum atomic E-state index is 10.6. The Morgan fingerprint density at radius 2 is 1.90 bits per heavy atom. The molecule has 0 bridgehead atoms. The highest BCUT2D eigenvalue weighted by atomic mass is 32.2. The van der Waals surface area contributed by atoms with Crippen molar-refractivity contribution in [1.82, 2.24) is 5.32 Å². The first-order valence-corrected chi connectivity index (χ1v) is 9.47. The van der Waals surface area contributed by atoms with E-state index in [4.69, 9.17) is 0 Å². The smallest absolute Gasteiger partial charge is 0.0787 e. The van der Waals surface area contributed by atoms with Gasteiger partial charge in [-0.1, -0.05) is 18.2 Å². The van der Waals surface area contributed by atoms with Gasteiger partial charge in [0.1, 0.15) is 0 Å². The molecule has 1 saturated heterocycles. The first-order chi connectivity index (χ1) is 10.2. The predicted octanol–water partition coefficient (Wildman–Crippen LogP) is 3.47. The summed E-state index contributed by atoms with van der Waals surface area (Å²) in [5.74, 6) is 2.18. The van der Waals surface area contributed by atoms with Crippen LogP contribution in [0.5, 0.6) is 0 Å². The summed E-state index contributed by atoms with van der Waals surface area (Å²) in [5.41, 5.74) is 3.96. The van der Waals surface area contributed by atoms with Crippen molar-refractivity contribution in [3.8, 4) is 0 Å². The molecule has 1 aromatic carbocycles. The molecule has 21 heavy (non-hydrogen) atoms. The minimum atomic E-state index is -0.492. The standard InChI is InChI=1S/C18H27NOS/c1-14(19-13-18(20)8-10-21-11-9-18)16-7-6-15-4-2-3-5-17(15)12-16/h6-7,12,14,19-20H,2-5,8-11,13H2,1H3. The van der Waals surface area contributed by atoms with Gasteiger partial charge in [0, 0.05) is 12.6 Å². The Hall–Kier alpha value is -0.510. The van der Waals surface area contributed by atoms with Crippen molar-refractivity contribution < 1.29 is 5.11 Å². The predicted molar refractivity (Wildman–Crippen MR) is 91.0 cm³/mol. The molecule has 116 valence electrons. The number of rotatable bonds is 4. The minimum absolute atomic E-state index is 0.316. The Kier molecular flexibility index (Phi) is 4.92. The monoisotopic (exact) mass is 305 g/mol. The van der Waals surface area contributed by atoms with E-state index in [0.717, 1.165) is 24.3 Å². The van der Waals surface area contributed by atoms with Gasteiger partial charge in [-0.2, -0.15) is 11.8 Å². The topological polar surface area (TPSA) is 32.3 Å². The van der Waals surface area contributed by atoms with Crippen molar-refractivity contribution in [2.24, 2.45) is 0 Å². The quantitative estimate of drug-likeness (QED) is 0.893. The van der Waals surface area contributed by atoms with Crippen LogP contribution < -0.4 is 5.32 Å². The zero-order chi connectivity index (χ0) is 14.7. The number of thioether (sulfide) groups is 1. The fourth-order valence-electron chi connectivity index (χ4n) is 3.41. The van der Waals surface area contributed by atoms with Gasteiger partial charge in [-0.05, 0) is 73.6 Å². The van der Waals surface area contributed by atoms with Crippen molar-refractivity contribution in [3.05, 3.63) is 34.9 Å². The second-order valence-corrected chi connectivity index (χ2v) is 7.90. The van der Waals surface area contributed by atoms with Crippen LogP contribution in [0.2, 0.25) is 0 Å². The average Bonchev–Trinajstić information content (AvgIpc) is 2.53. The molecule has 2 N–H and O–H groups in total. The van der Waals surface area contributed by atoms with Gasteiger partial charge in [-0.15, -0.1) is 0 Å². The lowest BCUT2D eigenvalue weighted by molar-refractivity contribution is 0.0300. The maximum absolute atomic E-state index is 10.6. The molecule has 3 rings (SSSR count). The molecule has 2 nitrogen and oxygen atoms in total. The number of fused-ring (bicyclic) bond motifs is 1. The number of nitrogens with one attached hydrogen (secondary N) is 1. The van der Waals surface area contributed by atoms with E-state index in [1.165, 1.54) is 31.2 Å². The van der Waals surface area contributed by atoms with Gasteiger partial charge in [-0.3, -0.25) is 0 Å². The molecular formula is C18H27NOS. The van der Waals surface area contributed by atoms with E-state index >= 15 is 0 Å². The van der Waals surface area contributed by atoms with Gasteiger partial charge in [0.25, 0.3) is 0 Å². The van der Waals surface area contributed by atoms with E-state index in [9.17, 15) is 5.11 Å². The molecule has 0 aromatic heterocycles. The summed E-state index contributed by atoms with van der Waals surface area (Å²) in [6.45, 7) is 2.93. The summed E-state index contributed by atoms with van der Waals surface area (Å²) >= 11 is 1.96. The molecule has 0 radical (unpaired) electrons. The summed E-state index contributed by atoms with van der Waals surface area (Å²) in [4.78, 5) is 0. The van der Waals surface area contributed by atoms with Crippen molar-refractivity contribution >= 4 is 11.8 Å². The van der Waals surface area contributed by atoms with Crippen molar-refractivity contribution in [2.45, 2.75) is 57.1 Å². The molecule has 1 atom stereocenters. The van der Waals surface area contributed by atoms with Crippen LogP contribution in [0.25, 0.3) is 0 Å². The maximum Gasteiger partial charge on any atom is 0.0787 e. The number of hydrogen-bond acceptors (Lipinski definition) is 3. The third-order valence-corrected chi connectivity index (χ3v) is 6.02. The summed E-state index contributed by atoms with van der Waals surface area (Å²) in [6, 6.07) is 7.28. The largest absolute Gasteiger partial charge is 0.389 e. The molecule has 1 fully saturated rings. The third kappa shape index (κ3) is 3.82. The van der Waals surface area contributed by atoms with E-state index in [0.29, 0.717) is 12.6 Å². The number of aliphatic hydroxyl groups is 1. The summed E-state index contributed by atoms with van der Waals surface area (Å²) in [5, 5.41) is 14.1. The second kappa shape index (κ2) is 6.72. The number of hydrogen-bond donors (Lipinski definition) is 2. The lowest BCUT2D eigenvalue weighted by Crippen LogP contribution is -2.44. The molecule has 0 spiro atoms. The molecule has 1 aromatic rings. The molecule has 1 aliphatic heterocycles. The van der Waals surface area contributed by atoms with Crippen LogP contribution in [-0.2, 0) is 12.8 Å². The van der Waals surface area contributed by atoms with Gasteiger partial charge in [0.2, 0.25) is 0 Å². The molecular weight excluding hydrogens is 278 g/mol. The van der Waals surface area contributed by atoms with E-state index in [1.807, 2.05) is 11.8 Å². The highest BCUT2D eigenvalue weighted by Gasteiger charge is 2.29. The highest BCUT2D eigenvalue weighted by molar-refractivity contribution is 7.99. The lowest BCUT2D eigenvalue weighted by Gasteiger charge is -2.33. The third-order valence-electron chi connectivity index (χ3n) is 5.03. The molecule has 1 heterocycles. The molecule has 1 aliphatic carbocycles. The van der Waals surface area contributed by atoms with Gasteiger partial charge in [0.15, 0.2) is 0 Å². The van der Waals surface area contributed by atoms with Crippen LogP contribution >= 0.6 is 11.8 Å². The minimum Gasteiger partial charge on any atom is -0.389 e. The van der Waals surface area contributed by atoms with E-state index in [-0.39, 0.29) is 0 Å². The van der Waals surface area contributed by atoms with Gasteiger partial charge >= 0.3 is 0 Å². The van der Waals surface area contributed by atoms with Crippen LogP contribution in [0.15, 0.2) is 18.2 Å². The van der Waals surface area contributed by atoms with Crippen molar-refractivity contribution in [1.29, 1.82) is 0 Å². The Labute approximate surface area is 132 Å². The Balaban J connectivity index is 1.61. The lowest BCUT2D eigenvalue weighted by atomic mass is 9.89. The van der Waals surface area contributed by atoms with Crippen molar-refractivity contribution in [3.63, 3.8) is 0 Å². The van der Waals surface area contributed by atoms with E-state index < -0.39 is 5.60 Å². The molecule has 1 unspecified atom stereocenters. The first kappa shape index (κ1) is 15.4. The fraction of sp³-hybridized carbons (Fsp3) is 0.667. The number of benzene rings is 1. The summed E-state index contributed by atoms with van der Waals surface area (Å²) < 4.78 is 0. The second-order valence-electron chi connectivity index (χ2n) is 6.67. The Morgan fingerprint density at radius 3 is 2.67 bits per heavy atom. The van der Waals surface area contributed by atoms with Crippen LogP contribution in [-0.4, -0.2) is 28.8 Å².